The van der Waals surface area contributed by atoms with Gasteiger partial charge in [-0.1, -0.05) is 25.1 Å². The lowest BCUT2D eigenvalue weighted by molar-refractivity contribution is -0.116. The van der Waals surface area contributed by atoms with E-state index in [1.54, 1.807) is 24.5 Å². The standard InChI is InChI=1S/C23H22FNO3S/c1-3-9-28-19-8-7-15(11-20(19)27-2)17-12-21(26)25-22-18(13-29-23(17)22)14-5-4-6-16(24)10-14/h4-8,10-11,13,17H,3,9,12H2,1-2H3,(H,25,26)/t17-/m1/s1. The van der Waals surface area contributed by atoms with Gasteiger partial charge in [0.25, 0.3) is 0 Å². The number of amides is 1. The third-order valence-corrected chi connectivity index (χ3v) is 6.07. The maximum atomic E-state index is 13.7. The van der Waals surface area contributed by atoms with E-state index in [4.69, 9.17) is 9.47 Å². The SMILES string of the molecule is CCCOc1ccc([C@H]2CC(=O)Nc3c(-c4cccc(F)c4)csc32)cc1OC. The van der Waals surface area contributed by atoms with Crippen LogP contribution in [0.25, 0.3) is 11.1 Å². The number of thiophene rings is 1. The van der Waals surface area contributed by atoms with Gasteiger partial charge in [0.15, 0.2) is 11.5 Å². The Morgan fingerprint density at radius 2 is 2.07 bits per heavy atom. The first-order chi connectivity index (χ1) is 14.1. The Balaban J connectivity index is 1.73. The molecule has 1 aromatic heterocycles. The van der Waals surface area contributed by atoms with Crippen molar-refractivity contribution in [1.29, 1.82) is 0 Å². The number of nitrogens with one attached hydrogen (secondary N) is 1. The fourth-order valence-electron chi connectivity index (χ4n) is 3.60. The minimum atomic E-state index is -0.298. The summed E-state index contributed by atoms with van der Waals surface area (Å²) in [6.07, 6.45) is 1.27. The highest BCUT2D eigenvalue weighted by Crippen LogP contribution is 2.47. The minimum absolute atomic E-state index is 0.0520. The first kappa shape index (κ1) is 19.5. The number of methoxy groups -OCH3 is 1. The molecule has 0 aliphatic carbocycles. The highest BCUT2D eigenvalue weighted by atomic mass is 32.1. The molecule has 29 heavy (non-hydrogen) atoms. The Bertz CT molecular complexity index is 1050. The number of hydrogen-bond donors (Lipinski definition) is 1. The van der Waals surface area contributed by atoms with Gasteiger partial charge in [-0.25, -0.2) is 4.39 Å². The number of ether oxygens (including phenoxy) is 2. The van der Waals surface area contributed by atoms with Gasteiger partial charge in [-0.3, -0.25) is 4.79 Å². The summed E-state index contributed by atoms with van der Waals surface area (Å²) in [4.78, 5) is 13.5. The van der Waals surface area contributed by atoms with Crippen LogP contribution in [-0.2, 0) is 4.79 Å². The molecule has 2 heterocycles. The largest absolute Gasteiger partial charge is 0.493 e. The van der Waals surface area contributed by atoms with E-state index in [2.05, 4.69) is 12.2 Å². The zero-order chi connectivity index (χ0) is 20.4. The molecule has 0 saturated heterocycles. The van der Waals surface area contributed by atoms with Gasteiger partial charge in [-0.05, 0) is 41.8 Å². The average Bonchev–Trinajstić information content (AvgIpc) is 3.15. The Labute approximate surface area is 173 Å². The quantitative estimate of drug-likeness (QED) is 0.555. The van der Waals surface area contributed by atoms with Crippen molar-refractivity contribution in [1.82, 2.24) is 0 Å². The van der Waals surface area contributed by atoms with Crippen LogP contribution >= 0.6 is 11.3 Å². The first-order valence-electron chi connectivity index (χ1n) is 9.58. The van der Waals surface area contributed by atoms with Crippen molar-refractivity contribution in [2.75, 3.05) is 19.0 Å². The average molecular weight is 411 g/mol. The van der Waals surface area contributed by atoms with E-state index in [0.717, 1.165) is 33.7 Å². The van der Waals surface area contributed by atoms with Crippen LogP contribution in [0.1, 0.15) is 36.1 Å². The highest BCUT2D eigenvalue weighted by molar-refractivity contribution is 7.11. The van der Waals surface area contributed by atoms with E-state index >= 15 is 0 Å². The van der Waals surface area contributed by atoms with Crippen molar-refractivity contribution in [2.24, 2.45) is 0 Å². The second-order valence-corrected chi connectivity index (χ2v) is 7.87. The summed E-state index contributed by atoms with van der Waals surface area (Å²) in [6, 6.07) is 12.3. The lowest BCUT2D eigenvalue weighted by atomic mass is 9.89. The van der Waals surface area contributed by atoms with Crippen molar-refractivity contribution in [3.63, 3.8) is 0 Å². The van der Waals surface area contributed by atoms with Crippen LogP contribution in [0.2, 0.25) is 0 Å². The van der Waals surface area contributed by atoms with E-state index in [1.165, 1.54) is 12.1 Å². The molecule has 0 bridgehead atoms. The van der Waals surface area contributed by atoms with E-state index < -0.39 is 0 Å². The number of carbonyl (C=O) groups excluding carboxylic acids is 1. The number of hydrogen-bond acceptors (Lipinski definition) is 4. The summed E-state index contributed by atoms with van der Waals surface area (Å²) in [5.74, 6) is 0.924. The summed E-state index contributed by atoms with van der Waals surface area (Å²) in [6.45, 7) is 2.67. The highest BCUT2D eigenvalue weighted by Gasteiger charge is 2.31. The zero-order valence-corrected chi connectivity index (χ0v) is 17.1. The Hall–Kier alpha value is -2.86. The van der Waals surface area contributed by atoms with Crippen LogP contribution in [0.15, 0.2) is 47.8 Å². The molecular weight excluding hydrogens is 389 g/mol. The molecule has 1 atom stereocenters. The predicted octanol–water partition coefficient (Wildman–Crippen LogP) is 5.83. The molecule has 1 aliphatic rings. The number of halogens is 1. The van der Waals surface area contributed by atoms with Crippen molar-refractivity contribution in [2.45, 2.75) is 25.7 Å². The van der Waals surface area contributed by atoms with Gasteiger partial charge in [0.1, 0.15) is 5.82 Å². The molecule has 0 saturated carbocycles. The fraction of sp³-hybridized carbons (Fsp3) is 0.261. The zero-order valence-electron chi connectivity index (χ0n) is 16.3. The molecule has 1 amide bonds. The van der Waals surface area contributed by atoms with Gasteiger partial charge in [-0.15, -0.1) is 11.3 Å². The maximum Gasteiger partial charge on any atom is 0.225 e. The lowest BCUT2D eigenvalue weighted by Gasteiger charge is -2.24. The third kappa shape index (κ3) is 3.85. The van der Waals surface area contributed by atoms with Crippen LogP contribution in [0, 0.1) is 5.82 Å². The second kappa shape index (κ2) is 8.25. The van der Waals surface area contributed by atoms with Crippen LogP contribution in [0.5, 0.6) is 11.5 Å². The van der Waals surface area contributed by atoms with E-state index in [0.29, 0.717) is 24.5 Å². The molecule has 4 rings (SSSR count). The molecule has 6 heteroatoms. The molecule has 0 radical (unpaired) electrons. The summed E-state index contributed by atoms with van der Waals surface area (Å²) < 4.78 is 25.0. The number of carbonyl (C=O) groups is 1. The molecule has 0 unspecified atom stereocenters. The molecule has 3 aromatic rings. The molecular formula is C23H22FNO3S. The first-order valence-corrected chi connectivity index (χ1v) is 10.5. The van der Waals surface area contributed by atoms with Crippen molar-refractivity contribution in [3.8, 4) is 22.6 Å². The normalized spacial score (nSPS) is 15.6. The summed E-state index contributed by atoms with van der Waals surface area (Å²) in [5, 5.41) is 4.97. The molecule has 4 nitrogen and oxygen atoms in total. The van der Waals surface area contributed by atoms with E-state index in [1.807, 2.05) is 29.6 Å². The molecule has 1 N–H and O–H groups in total. The fourth-order valence-corrected chi connectivity index (χ4v) is 4.76. The Morgan fingerprint density at radius 3 is 2.83 bits per heavy atom. The van der Waals surface area contributed by atoms with E-state index in [-0.39, 0.29) is 17.6 Å². The Kier molecular flexibility index (Phi) is 5.53. The van der Waals surface area contributed by atoms with Gasteiger partial charge in [-0.2, -0.15) is 0 Å². The lowest BCUT2D eigenvalue weighted by Crippen LogP contribution is -2.22. The van der Waals surface area contributed by atoms with Crippen molar-refractivity contribution in [3.05, 3.63) is 64.1 Å². The van der Waals surface area contributed by atoms with Gasteiger partial charge in [0.05, 0.1) is 19.4 Å². The second-order valence-electron chi connectivity index (χ2n) is 6.96. The molecule has 0 fully saturated rings. The van der Waals surface area contributed by atoms with Crippen molar-refractivity contribution >= 4 is 22.9 Å². The topological polar surface area (TPSA) is 47.6 Å². The summed E-state index contributed by atoms with van der Waals surface area (Å²) in [5.41, 5.74) is 3.36. The smallest absolute Gasteiger partial charge is 0.225 e. The summed E-state index contributed by atoms with van der Waals surface area (Å²) in [7, 11) is 1.62. The molecule has 0 spiro atoms. The third-order valence-electron chi connectivity index (χ3n) is 4.98. The Morgan fingerprint density at radius 1 is 1.21 bits per heavy atom. The number of benzene rings is 2. The van der Waals surface area contributed by atoms with Crippen LogP contribution in [0.4, 0.5) is 10.1 Å². The van der Waals surface area contributed by atoms with Gasteiger partial charge in [0.2, 0.25) is 5.91 Å². The molecule has 2 aromatic carbocycles. The van der Waals surface area contributed by atoms with Crippen LogP contribution in [0.3, 0.4) is 0 Å². The number of anilines is 1. The van der Waals surface area contributed by atoms with Gasteiger partial charge in [0, 0.05) is 28.2 Å². The summed E-state index contributed by atoms with van der Waals surface area (Å²) >= 11 is 1.58. The van der Waals surface area contributed by atoms with Crippen molar-refractivity contribution < 1.29 is 18.7 Å². The van der Waals surface area contributed by atoms with Gasteiger partial charge >= 0.3 is 0 Å². The number of rotatable bonds is 6. The molecule has 150 valence electrons. The van der Waals surface area contributed by atoms with Crippen LogP contribution < -0.4 is 14.8 Å². The van der Waals surface area contributed by atoms with Gasteiger partial charge < -0.3 is 14.8 Å². The number of fused-ring (bicyclic) bond motifs is 1. The predicted molar refractivity (Wildman–Crippen MR) is 114 cm³/mol. The maximum absolute atomic E-state index is 13.7. The minimum Gasteiger partial charge on any atom is -0.493 e. The molecule has 1 aliphatic heterocycles. The van der Waals surface area contributed by atoms with Crippen LogP contribution in [-0.4, -0.2) is 19.6 Å². The monoisotopic (exact) mass is 411 g/mol. The van der Waals surface area contributed by atoms with E-state index in [9.17, 15) is 9.18 Å².